The van der Waals surface area contributed by atoms with Crippen LogP contribution in [0.1, 0.15) is 21.7 Å². The standard InChI is InChI=1S/C15H15NO3/c17-15(14-6-3-7-18-14)16-9-13-8-11-4-1-2-5-12(11)10-19-13/h1-7,13H,8-10H2,(H,16,17). The summed E-state index contributed by atoms with van der Waals surface area (Å²) in [6.07, 6.45) is 2.34. The van der Waals surface area contributed by atoms with Gasteiger partial charge < -0.3 is 14.5 Å². The Hall–Kier alpha value is -2.07. The molecular weight excluding hydrogens is 242 g/mol. The van der Waals surface area contributed by atoms with Gasteiger partial charge in [0.25, 0.3) is 5.91 Å². The Balaban J connectivity index is 1.57. The fourth-order valence-electron chi connectivity index (χ4n) is 2.24. The highest BCUT2D eigenvalue weighted by Gasteiger charge is 2.19. The van der Waals surface area contributed by atoms with Crippen LogP contribution in [0.15, 0.2) is 47.1 Å². The molecule has 4 heteroatoms. The van der Waals surface area contributed by atoms with E-state index in [0.717, 1.165) is 6.42 Å². The van der Waals surface area contributed by atoms with E-state index >= 15 is 0 Å². The van der Waals surface area contributed by atoms with Crippen LogP contribution in [0.2, 0.25) is 0 Å². The van der Waals surface area contributed by atoms with Crippen molar-refractivity contribution >= 4 is 5.91 Å². The molecule has 0 saturated carbocycles. The van der Waals surface area contributed by atoms with Crippen LogP contribution in [0.5, 0.6) is 0 Å². The normalized spacial score (nSPS) is 17.8. The Morgan fingerprint density at radius 3 is 2.84 bits per heavy atom. The molecule has 0 aliphatic carbocycles. The number of furan rings is 1. The van der Waals surface area contributed by atoms with Gasteiger partial charge in [-0.15, -0.1) is 0 Å². The molecule has 98 valence electrons. The highest BCUT2D eigenvalue weighted by atomic mass is 16.5. The number of hydrogen-bond acceptors (Lipinski definition) is 3. The van der Waals surface area contributed by atoms with E-state index in [1.807, 2.05) is 12.1 Å². The largest absolute Gasteiger partial charge is 0.459 e. The van der Waals surface area contributed by atoms with Crippen LogP contribution in [-0.2, 0) is 17.8 Å². The second-order valence-electron chi connectivity index (χ2n) is 4.59. The van der Waals surface area contributed by atoms with Gasteiger partial charge in [0.2, 0.25) is 0 Å². The van der Waals surface area contributed by atoms with Crippen molar-refractivity contribution in [2.45, 2.75) is 19.1 Å². The van der Waals surface area contributed by atoms with Crippen LogP contribution < -0.4 is 5.32 Å². The number of fused-ring (bicyclic) bond motifs is 1. The number of rotatable bonds is 3. The van der Waals surface area contributed by atoms with Gasteiger partial charge in [-0.2, -0.15) is 0 Å². The second-order valence-corrected chi connectivity index (χ2v) is 4.59. The molecule has 1 aliphatic heterocycles. The SMILES string of the molecule is O=C(NCC1Cc2ccccc2CO1)c1ccco1. The third kappa shape index (κ3) is 2.69. The van der Waals surface area contributed by atoms with Gasteiger partial charge >= 0.3 is 0 Å². The van der Waals surface area contributed by atoms with Crippen molar-refractivity contribution in [3.8, 4) is 0 Å². The lowest BCUT2D eigenvalue weighted by molar-refractivity contribution is 0.0282. The monoisotopic (exact) mass is 257 g/mol. The first-order chi connectivity index (χ1) is 9.33. The summed E-state index contributed by atoms with van der Waals surface area (Å²) >= 11 is 0. The van der Waals surface area contributed by atoms with Gasteiger partial charge in [-0.05, 0) is 23.3 Å². The average Bonchev–Trinajstić information content (AvgIpc) is 2.99. The molecule has 0 bridgehead atoms. The first-order valence-corrected chi connectivity index (χ1v) is 6.33. The molecule has 3 rings (SSSR count). The van der Waals surface area contributed by atoms with Crippen molar-refractivity contribution in [3.05, 3.63) is 59.5 Å². The molecule has 19 heavy (non-hydrogen) atoms. The first kappa shape index (κ1) is 12.0. The van der Waals surface area contributed by atoms with E-state index in [1.54, 1.807) is 12.1 Å². The van der Waals surface area contributed by atoms with E-state index in [9.17, 15) is 4.79 Å². The van der Waals surface area contributed by atoms with E-state index in [-0.39, 0.29) is 12.0 Å². The van der Waals surface area contributed by atoms with E-state index in [2.05, 4.69) is 17.4 Å². The number of benzene rings is 1. The van der Waals surface area contributed by atoms with E-state index in [1.165, 1.54) is 17.4 Å². The Labute approximate surface area is 111 Å². The lowest BCUT2D eigenvalue weighted by atomic mass is 9.99. The predicted octanol–water partition coefficient (Wildman–Crippen LogP) is 2.15. The maximum Gasteiger partial charge on any atom is 0.287 e. The Morgan fingerprint density at radius 1 is 1.21 bits per heavy atom. The summed E-state index contributed by atoms with van der Waals surface area (Å²) in [5.41, 5.74) is 2.53. The average molecular weight is 257 g/mol. The van der Waals surface area contributed by atoms with Crippen molar-refractivity contribution < 1.29 is 13.9 Å². The topological polar surface area (TPSA) is 51.5 Å². The Bertz CT molecular complexity index is 563. The van der Waals surface area contributed by atoms with Gasteiger partial charge in [-0.25, -0.2) is 0 Å². The minimum Gasteiger partial charge on any atom is -0.459 e. The molecule has 2 aromatic rings. The quantitative estimate of drug-likeness (QED) is 0.916. The molecule has 0 fully saturated rings. The highest BCUT2D eigenvalue weighted by Crippen LogP contribution is 2.19. The predicted molar refractivity (Wildman–Crippen MR) is 69.8 cm³/mol. The zero-order valence-electron chi connectivity index (χ0n) is 10.5. The van der Waals surface area contributed by atoms with E-state index in [0.29, 0.717) is 18.9 Å². The summed E-state index contributed by atoms with van der Waals surface area (Å²) in [5.74, 6) is 0.128. The van der Waals surface area contributed by atoms with Crippen LogP contribution in [0.4, 0.5) is 0 Å². The fourth-order valence-corrected chi connectivity index (χ4v) is 2.24. The van der Waals surface area contributed by atoms with Crippen molar-refractivity contribution in [1.29, 1.82) is 0 Å². The van der Waals surface area contributed by atoms with Crippen molar-refractivity contribution in [1.82, 2.24) is 5.32 Å². The highest BCUT2D eigenvalue weighted by molar-refractivity contribution is 5.91. The van der Waals surface area contributed by atoms with Crippen molar-refractivity contribution in [3.63, 3.8) is 0 Å². The van der Waals surface area contributed by atoms with E-state index < -0.39 is 0 Å². The summed E-state index contributed by atoms with van der Waals surface area (Å²) in [4.78, 5) is 11.7. The maximum absolute atomic E-state index is 11.7. The van der Waals surface area contributed by atoms with Gasteiger partial charge in [0.05, 0.1) is 19.0 Å². The molecule has 1 aromatic carbocycles. The molecule has 0 spiro atoms. The molecule has 1 aromatic heterocycles. The summed E-state index contributed by atoms with van der Waals surface area (Å²) < 4.78 is 10.8. The fraction of sp³-hybridized carbons (Fsp3) is 0.267. The minimum absolute atomic E-state index is 0.0220. The van der Waals surface area contributed by atoms with Crippen LogP contribution in [0.25, 0.3) is 0 Å². The smallest absolute Gasteiger partial charge is 0.287 e. The third-order valence-electron chi connectivity index (χ3n) is 3.28. The summed E-state index contributed by atoms with van der Waals surface area (Å²) in [5, 5.41) is 2.83. The summed E-state index contributed by atoms with van der Waals surface area (Å²) in [6.45, 7) is 1.10. The summed E-state index contributed by atoms with van der Waals surface area (Å²) in [6, 6.07) is 11.6. The summed E-state index contributed by atoms with van der Waals surface area (Å²) in [7, 11) is 0. The zero-order chi connectivity index (χ0) is 13.1. The zero-order valence-corrected chi connectivity index (χ0v) is 10.5. The van der Waals surface area contributed by atoms with Crippen LogP contribution >= 0.6 is 0 Å². The van der Waals surface area contributed by atoms with Crippen LogP contribution in [-0.4, -0.2) is 18.6 Å². The molecule has 0 saturated heterocycles. The molecule has 1 unspecified atom stereocenters. The Kier molecular flexibility index (Phi) is 3.33. The maximum atomic E-state index is 11.7. The second kappa shape index (κ2) is 5.28. The van der Waals surface area contributed by atoms with Gasteiger partial charge in [-0.1, -0.05) is 24.3 Å². The van der Waals surface area contributed by atoms with Gasteiger partial charge in [0, 0.05) is 13.0 Å². The van der Waals surface area contributed by atoms with E-state index in [4.69, 9.17) is 9.15 Å². The van der Waals surface area contributed by atoms with Gasteiger partial charge in [0.15, 0.2) is 5.76 Å². The molecule has 1 atom stereocenters. The molecule has 4 nitrogen and oxygen atoms in total. The molecule has 0 radical (unpaired) electrons. The minimum atomic E-state index is -0.201. The molecular formula is C15H15NO3. The lowest BCUT2D eigenvalue weighted by Crippen LogP contribution is -2.36. The number of amides is 1. The van der Waals surface area contributed by atoms with Crippen LogP contribution in [0, 0.1) is 0 Å². The molecule has 2 heterocycles. The lowest BCUT2D eigenvalue weighted by Gasteiger charge is -2.25. The molecule has 1 aliphatic rings. The number of carbonyl (C=O) groups is 1. The number of nitrogens with one attached hydrogen (secondary N) is 1. The molecule has 1 N–H and O–H groups in total. The number of hydrogen-bond donors (Lipinski definition) is 1. The molecule has 1 amide bonds. The van der Waals surface area contributed by atoms with Gasteiger partial charge in [-0.3, -0.25) is 4.79 Å². The first-order valence-electron chi connectivity index (χ1n) is 6.33. The van der Waals surface area contributed by atoms with Crippen molar-refractivity contribution in [2.24, 2.45) is 0 Å². The number of carbonyl (C=O) groups excluding carboxylic acids is 1. The Morgan fingerprint density at radius 2 is 2.05 bits per heavy atom. The third-order valence-corrected chi connectivity index (χ3v) is 3.28. The van der Waals surface area contributed by atoms with Crippen LogP contribution in [0.3, 0.4) is 0 Å². The van der Waals surface area contributed by atoms with Gasteiger partial charge in [0.1, 0.15) is 0 Å². The number of ether oxygens (including phenoxy) is 1. The van der Waals surface area contributed by atoms with Crippen molar-refractivity contribution in [2.75, 3.05) is 6.54 Å².